The molecule has 1 fully saturated rings. The van der Waals surface area contributed by atoms with Crippen LogP contribution in [0.15, 0.2) is 29.1 Å². The van der Waals surface area contributed by atoms with Crippen LogP contribution in [-0.2, 0) is 35.5 Å². The number of carbonyl (C=O) groups excluding carboxylic acids is 2. The quantitative estimate of drug-likeness (QED) is 0.731. The van der Waals surface area contributed by atoms with Crippen molar-refractivity contribution in [1.29, 1.82) is 0 Å². The molecule has 0 atom stereocenters. The van der Waals surface area contributed by atoms with Crippen molar-refractivity contribution in [3.8, 4) is 0 Å². The summed E-state index contributed by atoms with van der Waals surface area (Å²) in [6.07, 6.45) is 4.20. The third-order valence-electron chi connectivity index (χ3n) is 5.82. The van der Waals surface area contributed by atoms with Gasteiger partial charge in [0.1, 0.15) is 12.4 Å². The Balaban J connectivity index is 1.31. The van der Waals surface area contributed by atoms with Gasteiger partial charge < -0.3 is 9.80 Å². The van der Waals surface area contributed by atoms with E-state index in [0.717, 1.165) is 37.1 Å². The summed E-state index contributed by atoms with van der Waals surface area (Å²) >= 11 is 5.89. The van der Waals surface area contributed by atoms with Crippen molar-refractivity contribution in [3.63, 3.8) is 0 Å². The van der Waals surface area contributed by atoms with Crippen molar-refractivity contribution >= 4 is 23.4 Å². The maximum absolute atomic E-state index is 12.7. The van der Waals surface area contributed by atoms with Crippen LogP contribution in [0.2, 0.25) is 5.02 Å². The van der Waals surface area contributed by atoms with Crippen LogP contribution in [0.5, 0.6) is 0 Å². The first kappa shape index (κ1) is 20.7. The van der Waals surface area contributed by atoms with E-state index in [1.54, 1.807) is 26.5 Å². The van der Waals surface area contributed by atoms with Crippen LogP contribution in [-0.4, -0.2) is 62.1 Å². The molecule has 160 valence electrons. The molecule has 2 aliphatic rings. The molecule has 1 saturated heterocycles. The first-order valence-electron chi connectivity index (χ1n) is 10.5. The first-order chi connectivity index (χ1) is 14.5. The molecule has 0 spiro atoms. The third-order valence-corrected chi connectivity index (χ3v) is 6.07. The largest absolute Gasteiger partial charge is 0.346 e. The van der Waals surface area contributed by atoms with Gasteiger partial charge in [0.2, 0.25) is 11.8 Å². The Bertz CT molecular complexity index is 974. The van der Waals surface area contributed by atoms with Crippen LogP contribution >= 0.6 is 11.6 Å². The van der Waals surface area contributed by atoms with Crippen LogP contribution in [0.25, 0.3) is 0 Å². The zero-order valence-corrected chi connectivity index (χ0v) is 17.7. The molecule has 8 nitrogen and oxygen atoms in total. The molecule has 2 aromatic rings. The molecule has 3 heterocycles. The van der Waals surface area contributed by atoms with Crippen molar-refractivity contribution in [3.05, 3.63) is 51.2 Å². The molecular formula is C21H26ClN5O3. The van der Waals surface area contributed by atoms with Crippen LogP contribution in [0.1, 0.15) is 30.7 Å². The van der Waals surface area contributed by atoms with Gasteiger partial charge in [-0.1, -0.05) is 30.2 Å². The normalized spacial score (nSPS) is 16.8. The lowest BCUT2D eigenvalue weighted by molar-refractivity contribution is -0.139. The monoisotopic (exact) mass is 431 g/mol. The fraction of sp³-hybridized carbons (Fsp3) is 0.524. The Morgan fingerprint density at radius 3 is 2.27 bits per heavy atom. The number of nitrogens with zero attached hydrogens (tertiary/aromatic N) is 5. The lowest BCUT2D eigenvalue weighted by Gasteiger charge is -2.34. The Labute approximate surface area is 180 Å². The van der Waals surface area contributed by atoms with E-state index in [1.807, 2.05) is 12.1 Å². The summed E-state index contributed by atoms with van der Waals surface area (Å²) < 4.78 is 2.99. The van der Waals surface area contributed by atoms with Gasteiger partial charge in [-0.2, -0.15) is 5.10 Å². The first-order valence-corrected chi connectivity index (χ1v) is 10.9. The van der Waals surface area contributed by atoms with Gasteiger partial charge in [0.05, 0.1) is 6.42 Å². The van der Waals surface area contributed by atoms with Crippen molar-refractivity contribution in [1.82, 2.24) is 24.1 Å². The number of halogens is 1. The van der Waals surface area contributed by atoms with Crippen LogP contribution in [0.4, 0.5) is 0 Å². The number of piperazine rings is 1. The van der Waals surface area contributed by atoms with Gasteiger partial charge in [-0.3, -0.25) is 14.2 Å². The predicted molar refractivity (Wildman–Crippen MR) is 112 cm³/mol. The molecule has 0 saturated carbocycles. The Kier molecular flexibility index (Phi) is 6.22. The van der Waals surface area contributed by atoms with Gasteiger partial charge in [0, 0.05) is 44.2 Å². The highest BCUT2D eigenvalue weighted by Crippen LogP contribution is 2.13. The van der Waals surface area contributed by atoms with E-state index in [2.05, 4.69) is 5.10 Å². The minimum atomic E-state index is -0.197. The van der Waals surface area contributed by atoms with E-state index in [1.165, 1.54) is 4.68 Å². The molecule has 9 heteroatoms. The maximum Gasteiger partial charge on any atom is 0.346 e. The van der Waals surface area contributed by atoms with Crippen molar-refractivity contribution in [2.45, 2.75) is 45.2 Å². The second-order valence-electron chi connectivity index (χ2n) is 7.88. The van der Waals surface area contributed by atoms with Crippen LogP contribution in [0.3, 0.4) is 0 Å². The molecule has 0 radical (unpaired) electrons. The molecule has 2 aliphatic heterocycles. The van der Waals surface area contributed by atoms with Crippen LogP contribution < -0.4 is 5.69 Å². The lowest BCUT2D eigenvalue weighted by Crippen LogP contribution is -2.52. The van der Waals surface area contributed by atoms with Crippen molar-refractivity contribution in [2.24, 2.45) is 0 Å². The molecule has 4 rings (SSSR count). The summed E-state index contributed by atoms with van der Waals surface area (Å²) in [7, 11) is 0. The number of aromatic nitrogens is 3. The van der Waals surface area contributed by atoms with Gasteiger partial charge >= 0.3 is 5.69 Å². The second kappa shape index (κ2) is 9.04. The van der Waals surface area contributed by atoms with Gasteiger partial charge in [0.15, 0.2) is 0 Å². The highest BCUT2D eigenvalue weighted by molar-refractivity contribution is 6.30. The molecule has 0 bridgehead atoms. The molecule has 30 heavy (non-hydrogen) atoms. The Hall–Kier alpha value is -2.61. The summed E-state index contributed by atoms with van der Waals surface area (Å²) in [5.41, 5.74) is 0.721. The molecule has 1 aromatic heterocycles. The molecule has 0 N–H and O–H groups in total. The van der Waals surface area contributed by atoms with Gasteiger partial charge in [-0.15, -0.1) is 0 Å². The summed E-state index contributed by atoms with van der Waals surface area (Å²) in [5, 5.41) is 5.03. The highest BCUT2D eigenvalue weighted by Gasteiger charge is 2.25. The summed E-state index contributed by atoms with van der Waals surface area (Å²) in [6.45, 7) is 2.55. The van der Waals surface area contributed by atoms with E-state index in [-0.39, 0.29) is 24.0 Å². The highest BCUT2D eigenvalue weighted by atomic mass is 35.5. The molecular weight excluding hydrogens is 406 g/mol. The van der Waals surface area contributed by atoms with E-state index in [4.69, 9.17) is 11.6 Å². The van der Waals surface area contributed by atoms with E-state index < -0.39 is 0 Å². The predicted octanol–water partition coefficient (Wildman–Crippen LogP) is 1.34. The number of fused-ring (bicyclic) bond motifs is 1. The van der Waals surface area contributed by atoms with Gasteiger partial charge in [-0.05, 0) is 30.5 Å². The Morgan fingerprint density at radius 1 is 0.900 bits per heavy atom. The number of hydrogen-bond acceptors (Lipinski definition) is 4. The minimum Gasteiger partial charge on any atom is -0.339 e. The number of aryl methyl sites for hydroxylation is 1. The van der Waals surface area contributed by atoms with E-state index >= 15 is 0 Å². The van der Waals surface area contributed by atoms with E-state index in [0.29, 0.717) is 44.2 Å². The average Bonchev–Trinajstić information content (AvgIpc) is 2.91. The molecule has 2 amide bonds. The topological polar surface area (TPSA) is 80.4 Å². The average molecular weight is 432 g/mol. The third kappa shape index (κ3) is 4.59. The molecule has 0 aliphatic carbocycles. The standard InChI is InChI=1S/C21H26ClN5O3/c22-17-7-5-16(6-8-17)14-19(28)24-10-12-25(13-11-24)20(29)15-27-21(30)26-9-3-1-2-4-18(26)23-27/h5-8H,1-4,9-15H2. The van der Waals surface area contributed by atoms with Crippen molar-refractivity contribution < 1.29 is 9.59 Å². The van der Waals surface area contributed by atoms with Gasteiger partial charge in [0.25, 0.3) is 0 Å². The molecule has 0 unspecified atom stereocenters. The zero-order chi connectivity index (χ0) is 21.1. The van der Waals surface area contributed by atoms with E-state index in [9.17, 15) is 14.4 Å². The minimum absolute atomic E-state index is 0.0403. The number of rotatable bonds is 4. The number of amides is 2. The zero-order valence-electron chi connectivity index (χ0n) is 16.9. The van der Waals surface area contributed by atoms with Gasteiger partial charge in [-0.25, -0.2) is 9.48 Å². The number of benzene rings is 1. The molecule has 1 aromatic carbocycles. The second-order valence-corrected chi connectivity index (χ2v) is 8.32. The Morgan fingerprint density at radius 2 is 1.57 bits per heavy atom. The van der Waals surface area contributed by atoms with Crippen molar-refractivity contribution in [2.75, 3.05) is 26.2 Å². The number of carbonyl (C=O) groups is 2. The lowest BCUT2D eigenvalue weighted by atomic mass is 10.1. The smallest absolute Gasteiger partial charge is 0.339 e. The number of hydrogen-bond donors (Lipinski definition) is 0. The fourth-order valence-corrected chi connectivity index (χ4v) is 4.18. The van der Waals surface area contributed by atoms with Crippen LogP contribution in [0, 0.1) is 0 Å². The summed E-state index contributed by atoms with van der Waals surface area (Å²) in [6, 6.07) is 7.25. The fourth-order valence-electron chi connectivity index (χ4n) is 4.05. The SMILES string of the molecule is O=C(Cc1ccc(Cl)cc1)N1CCN(C(=O)Cn2nc3n(c2=O)CCCCC3)CC1. The summed E-state index contributed by atoms with van der Waals surface area (Å²) in [4.78, 5) is 41.3. The maximum atomic E-state index is 12.7. The summed E-state index contributed by atoms with van der Waals surface area (Å²) in [5.74, 6) is 0.691.